The average Bonchev–Trinajstić information content (AvgIpc) is 3.34. The molecule has 10 heteroatoms. The quantitative estimate of drug-likeness (QED) is 0.578. The lowest BCUT2D eigenvalue weighted by atomic mass is 10.0. The highest BCUT2D eigenvalue weighted by Crippen LogP contribution is 2.30. The third-order valence-electron chi connectivity index (χ3n) is 4.80. The van der Waals surface area contributed by atoms with Crippen LogP contribution in [-0.4, -0.2) is 37.1 Å². The normalized spacial score (nSPS) is 15.8. The number of hydrogen-bond acceptors (Lipinski definition) is 5. The standard InChI is InChI=1S/C20H17F3N6O/c1-12(3-2-6-28-18-10-16(23)11-24-19(18)26-27-28)20(30)29-17(4-5-25-29)13-7-14(21)9-15(22)8-13/h5,7-11,17H,1-4,6H2. The maximum atomic E-state index is 13.6. The van der Waals surface area contributed by atoms with Gasteiger partial charge in [-0.25, -0.2) is 27.8 Å². The first kappa shape index (κ1) is 19.7. The Labute approximate surface area is 169 Å². The van der Waals surface area contributed by atoms with Gasteiger partial charge in [0.2, 0.25) is 5.65 Å². The van der Waals surface area contributed by atoms with E-state index in [-0.39, 0.29) is 0 Å². The first-order chi connectivity index (χ1) is 14.4. The first-order valence-corrected chi connectivity index (χ1v) is 9.27. The number of nitrogens with zero attached hydrogens (tertiary/aromatic N) is 6. The smallest absolute Gasteiger partial charge is 0.268 e. The van der Waals surface area contributed by atoms with E-state index >= 15 is 0 Å². The monoisotopic (exact) mass is 414 g/mol. The van der Waals surface area contributed by atoms with Crippen LogP contribution in [0.3, 0.4) is 0 Å². The van der Waals surface area contributed by atoms with E-state index in [1.165, 1.54) is 34.1 Å². The Balaban J connectivity index is 1.39. The summed E-state index contributed by atoms with van der Waals surface area (Å²) < 4.78 is 42.0. The summed E-state index contributed by atoms with van der Waals surface area (Å²) in [6.45, 7) is 4.21. The second-order valence-electron chi connectivity index (χ2n) is 6.92. The van der Waals surface area contributed by atoms with Crippen molar-refractivity contribution in [2.75, 3.05) is 0 Å². The number of hydrogen-bond donors (Lipinski definition) is 0. The van der Waals surface area contributed by atoms with Crippen LogP contribution < -0.4 is 0 Å². The molecule has 4 rings (SSSR count). The predicted molar refractivity (Wildman–Crippen MR) is 103 cm³/mol. The molecule has 7 nitrogen and oxygen atoms in total. The zero-order chi connectivity index (χ0) is 21.3. The number of carbonyl (C=O) groups is 1. The van der Waals surface area contributed by atoms with Gasteiger partial charge in [-0.15, -0.1) is 5.10 Å². The number of carbonyl (C=O) groups excluding carboxylic acids is 1. The summed E-state index contributed by atoms with van der Waals surface area (Å²) in [7, 11) is 0. The van der Waals surface area contributed by atoms with Gasteiger partial charge in [0.15, 0.2) is 0 Å². The molecule has 1 aliphatic rings. The SMILES string of the molecule is C=C(CCCn1nnc2ncc(F)cc21)C(=O)N1N=CCC1c1cc(F)cc(F)c1. The Kier molecular flexibility index (Phi) is 5.30. The van der Waals surface area contributed by atoms with Crippen LogP contribution in [0.2, 0.25) is 0 Å². The molecule has 0 aliphatic carbocycles. The lowest BCUT2D eigenvalue weighted by molar-refractivity contribution is -0.129. The van der Waals surface area contributed by atoms with E-state index in [1.807, 2.05) is 0 Å². The highest BCUT2D eigenvalue weighted by atomic mass is 19.1. The van der Waals surface area contributed by atoms with Gasteiger partial charge in [-0.2, -0.15) is 5.10 Å². The van der Waals surface area contributed by atoms with E-state index in [0.29, 0.717) is 48.1 Å². The molecule has 0 saturated heterocycles. The fourth-order valence-corrected chi connectivity index (χ4v) is 3.36. The van der Waals surface area contributed by atoms with Gasteiger partial charge in [0, 0.05) is 36.9 Å². The van der Waals surface area contributed by atoms with Crippen LogP contribution in [0, 0.1) is 17.5 Å². The minimum absolute atomic E-state index is 0.296. The van der Waals surface area contributed by atoms with Crippen LogP contribution in [0.25, 0.3) is 11.2 Å². The molecule has 0 radical (unpaired) electrons. The third kappa shape index (κ3) is 3.93. The second-order valence-corrected chi connectivity index (χ2v) is 6.92. The number of hydrazone groups is 1. The van der Waals surface area contributed by atoms with Crippen LogP contribution in [-0.2, 0) is 11.3 Å². The zero-order valence-corrected chi connectivity index (χ0v) is 15.8. The first-order valence-electron chi connectivity index (χ1n) is 9.27. The Hall–Kier alpha value is -3.56. The highest BCUT2D eigenvalue weighted by molar-refractivity contribution is 5.94. The molecule has 30 heavy (non-hydrogen) atoms. The van der Waals surface area contributed by atoms with E-state index in [9.17, 15) is 18.0 Å². The van der Waals surface area contributed by atoms with Crippen molar-refractivity contribution in [1.82, 2.24) is 25.0 Å². The molecule has 0 fully saturated rings. The minimum Gasteiger partial charge on any atom is -0.268 e. The number of aromatic nitrogens is 4. The van der Waals surface area contributed by atoms with Gasteiger partial charge in [0.1, 0.15) is 23.0 Å². The predicted octanol–water partition coefficient (Wildman–Crippen LogP) is 3.54. The summed E-state index contributed by atoms with van der Waals surface area (Å²) in [5.41, 5.74) is 1.42. The minimum atomic E-state index is -0.714. The Morgan fingerprint density at radius 3 is 2.67 bits per heavy atom. The van der Waals surface area contributed by atoms with Crippen molar-refractivity contribution in [3.05, 3.63) is 65.6 Å². The fourth-order valence-electron chi connectivity index (χ4n) is 3.36. The summed E-state index contributed by atoms with van der Waals surface area (Å²) in [5, 5.41) is 13.1. The third-order valence-corrected chi connectivity index (χ3v) is 4.80. The van der Waals surface area contributed by atoms with Crippen molar-refractivity contribution in [2.24, 2.45) is 5.10 Å². The molecule has 3 aromatic rings. The Bertz CT molecular complexity index is 1140. The van der Waals surface area contributed by atoms with Crippen molar-refractivity contribution in [3.63, 3.8) is 0 Å². The van der Waals surface area contributed by atoms with Crippen molar-refractivity contribution >= 4 is 23.3 Å². The number of pyridine rings is 1. The Morgan fingerprint density at radius 2 is 1.90 bits per heavy atom. The van der Waals surface area contributed by atoms with Crippen LogP contribution >= 0.6 is 0 Å². The van der Waals surface area contributed by atoms with Gasteiger partial charge in [-0.3, -0.25) is 4.79 Å². The fraction of sp³-hybridized carbons (Fsp3) is 0.250. The lowest BCUT2D eigenvalue weighted by Crippen LogP contribution is -2.28. The molecule has 2 aromatic heterocycles. The molecule has 0 spiro atoms. The van der Waals surface area contributed by atoms with Crippen LogP contribution in [0.4, 0.5) is 13.2 Å². The number of halogens is 3. The van der Waals surface area contributed by atoms with Crippen LogP contribution in [0.5, 0.6) is 0 Å². The largest absolute Gasteiger partial charge is 0.269 e. The van der Waals surface area contributed by atoms with Gasteiger partial charge in [0.05, 0.1) is 12.2 Å². The maximum Gasteiger partial charge on any atom is 0.269 e. The molecule has 1 aromatic carbocycles. The summed E-state index contributed by atoms with van der Waals surface area (Å²) in [5.74, 6) is -2.34. The summed E-state index contributed by atoms with van der Waals surface area (Å²) in [6, 6.07) is 3.86. The molecule has 0 N–H and O–H groups in total. The molecule has 154 valence electrons. The number of aryl methyl sites for hydroxylation is 1. The van der Waals surface area contributed by atoms with E-state index in [2.05, 4.69) is 27.0 Å². The van der Waals surface area contributed by atoms with E-state index in [4.69, 9.17) is 0 Å². The van der Waals surface area contributed by atoms with Crippen LogP contribution in [0.15, 0.2) is 47.7 Å². The second kappa shape index (κ2) is 8.05. The van der Waals surface area contributed by atoms with E-state index < -0.39 is 29.4 Å². The topological polar surface area (TPSA) is 76.3 Å². The van der Waals surface area contributed by atoms with Crippen molar-refractivity contribution in [3.8, 4) is 0 Å². The molecular formula is C20H17F3N6O. The van der Waals surface area contributed by atoms with Crippen molar-refractivity contribution < 1.29 is 18.0 Å². The molecular weight excluding hydrogens is 397 g/mol. The molecule has 0 bridgehead atoms. The van der Waals surface area contributed by atoms with Crippen molar-refractivity contribution in [1.29, 1.82) is 0 Å². The molecule has 3 heterocycles. The number of rotatable bonds is 6. The molecule has 1 aliphatic heterocycles. The zero-order valence-electron chi connectivity index (χ0n) is 15.8. The van der Waals surface area contributed by atoms with E-state index in [1.54, 1.807) is 0 Å². The molecule has 0 saturated carbocycles. The lowest BCUT2D eigenvalue weighted by Gasteiger charge is -2.23. The highest BCUT2D eigenvalue weighted by Gasteiger charge is 2.30. The van der Waals surface area contributed by atoms with Gasteiger partial charge in [-0.05, 0) is 30.5 Å². The van der Waals surface area contributed by atoms with Gasteiger partial charge < -0.3 is 0 Å². The average molecular weight is 414 g/mol. The summed E-state index contributed by atoms with van der Waals surface area (Å²) in [6.07, 6.45) is 3.78. The van der Waals surface area contributed by atoms with Gasteiger partial charge in [-0.1, -0.05) is 11.8 Å². The molecule has 1 atom stereocenters. The van der Waals surface area contributed by atoms with Gasteiger partial charge in [0.25, 0.3) is 5.91 Å². The van der Waals surface area contributed by atoms with E-state index in [0.717, 1.165) is 12.3 Å². The summed E-state index contributed by atoms with van der Waals surface area (Å²) >= 11 is 0. The Morgan fingerprint density at radius 1 is 1.13 bits per heavy atom. The van der Waals surface area contributed by atoms with Crippen molar-refractivity contribution in [2.45, 2.75) is 31.8 Å². The van der Waals surface area contributed by atoms with Gasteiger partial charge >= 0.3 is 0 Å². The number of amides is 1. The molecule has 1 unspecified atom stereocenters. The molecule has 1 amide bonds. The number of fused-ring (bicyclic) bond motifs is 1. The van der Waals surface area contributed by atoms with Crippen LogP contribution in [0.1, 0.15) is 30.9 Å². The summed E-state index contributed by atoms with van der Waals surface area (Å²) in [4.78, 5) is 16.6. The maximum absolute atomic E-state index is 13.6. The number of benzene rings is 1.